The van der Waals surface area contributed by atoms with Gasteiger partial charge in [0.1, 0.15) is 0 Å². The maximum atomic E-state index is 11.8. The van der Waals surface area contributed by atoms with Gasteiger partial charge in [-0.25, -0.2) is 4.98 Å². The Bertz CT molecular complexity index is 623. The summed E-state index contributed by atoms with van der Waals surface area (Å²) in [6, 6.07) is 0. The number of carbonyl (C=O) groups excluding carboxylic acids is 1. The van der Waals surface area contributed by atoms with Gasteiger partial charge in [0, 0.05) is 37.0 Å². The first-order valence-electron chi connectivity index (χ1n) is 7.94. The second-order valence-electron chi connectivity index (χ2n) is 5.82. The highest BCUT2D eigenvalue weighted by atomic mass is 32.1. The van der Waals surface area contributed by atoms with Gasteiger partial charge in [0.05, 0.1) is 16.9 Å². The molecule has 5 nitrogen and oxygen atoms in total. The molecule has 2 aromatic heterocycles. The molecule has 22 heavy (non-hydrogen) atoms. The lowest BCUT2D eigenvalue weighted by molar-refractivity contribution is -0.121. The van der Waals surface area contributed by atoms with Crippen LogP contribution in [-0.4, -0.2) is 27.2 Å². The molecule has 0 saturated heterocycles. The lowest BCUT2D eigenvalue weighted by Gasteiger charge is -2.06. The van der Waals surface area contributed by atoms with E-state index in [9.17, 15) is 4.79 Å². The van der Waals surface area contributed by atoms with Gasteiger partial charge in [0.15, 0.2) is 0 Å². The van der Waals surface area contributed by atoms with Crippen molar-refractivity contribution in [2.24, 2.45) is 0 Å². The molecule has 118 valence electrons. The molecule has 2 aromatic rings. The average Bonchev–Trinajstić information content (AvgIpc) is 3.10. The van der Waals surface area contributed by atoms with Crippen LogP contribution in [0.5, 0.6) is 0 Å². The Balaban J connectivity index is 1.39. The van der Waals surface area contributed by atoms with E-state index in [1.165, 1.54) is 29.8 Å². The molecule has 1 amide bonds. The van der Waals surface area contributed by atoms with Gasteiger partial charge in [-0.15, -0.1) is 11.3 Å². The molecule has 1 aliphatic carbocycles. The first-order valence-corrected chi connectivity index (χ1v) is 8.75. The van der Waals surface area contributed by atoms with E-state index < -0.39 is 0 Å². The second-order valence-corrected chi connectivity index (χ2v) is 6.98. The summed E-state index contributed by atoms with van der Waals surface area (Å²) < 4.78 is 1.81. The zero-order valence-corrected chi connectivity index (χ0v) is 13.8. The molecular formula is C16H22N4OS. The Labute approximate surface area is 134 Å². The first-order chi connectivity index (χ1) is 10.7. The van der Waals surface area contributed by atoms with E-state index in [4.69, 9.17) is 4.98 Å². The molecule has 1 aliphatic rings. The Morgan fingerprint density at radius 1 is 1.41 bits per heavy atom. The minimum Gasteiger partial charge on any atom is -0.356 e. The van der Waals surface area contributed by atoms with Crippen LogP contribution in [0.3, 0.4) is 0 Å². The topological polar surface area (TPSA) is 59.8 Å². The van der Waals surface area contributed by atoms with Crippen molar-refractivity contribution < 1.29 is 4.79 Å². The van der Waals surface area contributed by atoms with Crippen molar-refractivity contribution in [3.8, 4) is 0 Å². The quantitative estimate of drug-likeness (QED) is 0.889. The number of thiazole rings is 1. The summed E-state index contributed by atoms with van der Waals surface area (Å²) in [5, 5.41) is 8.32. The summed E-state index contributed by atoms with van der Waals surface area (Å²) >= 11 is 1.82. The molecule has 0 radical (unpaired) electrons. The highest BCUT2D eigenvalue weighted by Crippen LogP contribution is 2.26. The Kier molecular flexibility index (Phi) is 4.87. The van der Waals surface area contributed by atoms with Crippen molar-refractivity contribution in [1.82, 2.24) is 20.1 Å². The summed E-state index contributed by atoms with van der Waals surface area (Å²) in [4.78, 5) is 18.0. The molecule has 0 aromatic carbocycles. The minimum atomic E-state index is 0.0782. The maximum Gasteiger partial charge on any atom is 0.221 e. The van der Waals surface area contributed by atoms with Gasteiger partial charge in [-0.3, -0.25) is 9.48 Å². The van der Waals surface area contributed by atoms with Crippen LogP contribution in [0.25, 0.3) is 0 Å². The van der Waals surface area contributed by atoms with E-state index in [1.54, 1.807) is 0 Å². The number of aromatic nitrogens is 3. The Morgan fingerprint density at radius 2 is 2.27 bits per heavy atom. The fourth-order valence-corrected chi connectivity index (χ4v) is 3.87. The van der Waals surface area contributed by atoms with Crippen LogP contribution in [0.1, 0.15) is 40.4 Å². The van der Waals surface area contributed by atoms with Crippen molar-refractivity contribution in [3.63, 3.8) is 0 Å². The lowest BCUT2D eigenvalue weighted by Crippen LogP contribution is -2.26. The Morgan fingerprint density at radius 3 is 3.05 bits per heavy atom. The predicted molar refractivity (Wildman–Crippen MR) is 87.1 cm³/mol. The van der Waals surface area contributed by atoms with Crippen LogP contribution in [-0.2, 0) is 30.6 Å². The van der Waals surface area contributed by atoms with Crippen LogP contribution >= 0.6 is 11.3 Å². The zero-order chi connectivity index (χ0) is 15.4. The van der Waals surface area contributed by atoms with E-state index in [0.29, 0.717) is 19.5 Å². The smallest absolute Gasteiger partial charge is 0.221 e. The summed E-state index contributed by atoms with van der Waals surface area (Å²) in [5.74, 6) is 0.0782. The number of hydrogen-bond donors (Lipinski definition) is 1. The summed E-state index contributed by atoms with van der Waals surface area (Å²) in [6.07, 6.45) is 9.93. The Hall–Kier alpha value is -1.69. The van der Waals surface area contributed by atoms with Gasteiger partial charge in [0.25, 0.3) is 0 Å². The monoisotopic (exact) mass is 318 g/mol. The molecule has 2 heterocycles. The standard InChI is InChI=1S/C16H22N4OS/c1-12-10-18-20(11-12)9-7-15(21)17-8-6-16-19-13-4-2-3-5-14(13)22-16/h10-11H,2-9H2,1H3,(H,17,21). The highest BCUT2D eigenvalue weighted by Gasteiger charge is 2.14. The molecule has 0 atom stereocenters. The van der Waals surface area contributed by atoms with E-state index in [1.807, 2.05) is 35.3 Å². The maximum absolute atomic E-state index is 11.8. The van der Waals surface area contributed by atoms with Gasteiger partial charge < -0.3 is 5.32 Å². The number of carbonyl (C=O) groups is 1. The third-order valence-electron chi connectivity index (χ3n) is 3.88. The molecule has 0 fully saturated rings. The molecule has 6 heteroatoms. The van der Waals surface area contributed by atoms with Crippen molar-refractivity contribution >= 4 is 17.2 Å². The number of nitrogens with zero attached hydrogens (tertiary/aromatic N) is 3. The summed E-state index contributed by atoms with van der Waals surface area (Å²) in [7, 11) is 0. The van der Waals surface area contributed by atoms with Crippen molar-refractivity contribution in [1.29, 1.82) is 0 Å². The van der Waals surface area contributed by atoms with Crippen LogP contribution in [0, 0.1) is 6.92 Å². The first kappa shape index (κ1) is 15.2. The predicted octanol–water partition coefficient (Wildman–Crippen LogP) is 2.28. The fraction of sp³-hybridized carbons (Fsp3) is 0.562. The normalized spacial score (nSPS) is 13.9. The van der Waals surface area contributed by atoms with E-state index in [-0.39, 0.29) is 5.91 Å². The number of hydrogen-bond acceptors (Lipinski definition) is 4. The molecule has 1 N–H and O–H groups in total. The molecule has 0 saturated carbocycles. The number of fused-ring (bicyclic) bond motifs is 1. The zero-order valence-electron chi connectivity index (χ0n) is 13.0. The fourth-order valence-electron chi connectivity index (χ4n) is 2.71. The van der Waals surface area contributed by atoms with E-state index in [0.717, 1.165) is 23.4 Å². The number of amides is 1. The van der Waals surface area contributed by atoms with Crippen molar-refractivity contribution in [2.75, 3.05) is 6.54 Å². The van der Waals surface area contributed by atoms with Crippen LogP contribution in [0.15, 0.2) is 12.4 Å². The van der Waals surface area contributed by atoms with Crippen LogP contribution < -0.4 is 5.32 Å². The highest BCUT2D eigenvalue weighted by molar-refractivity contribution is 7.11. The molecule has 0 bridgehead atoms. The third-order valence-corrected chi connectivity index (χ3v) is 5.10. The summed E-state index contributed by atoms with van der Waals surface area (Å²) in [6.45, 7) is 3.30. The largest absolute Gasteiger partial charge is 0.356 e. The van der Waals surface area contributed by atoms with Crippen LogP contribution in [0.4, 0.5) is 0 Å². The van der Waals surface area contributed by atoms with Gasteiger partial charge >= 0.3 is 0 Å². The minimum absolute atomic E-state index is 0.0782. The summed E-state index contributed by atoms with van der Waals surface area (Å²) in [5.41, 5.74) is 2.42. The van der Waals surface area contributed by atoms with E-state index >= 15 is 0 Å². The average molecular weight is 318 g/mol. The number of rotatable bonds is 6. The van der Waals surface area contributed by atoms with Crippen LogP contribution in [0.2, 0.25) is 0 Å². The number of nitrogens with one attached hydrogen (secondary N) is 1. The van der Waals surface area contributed by atoms with Gasteiger partial charge in [-0.2, -0.15) is 5.10 Å². The molecular weight excluding hydrogens is 296 g/mol. The molecule has 3 rings (SSSR count). The SMILES string of the molecule is Cc1cnn(CCC(=O)NCCc2nc3c(s2)CCCC3)c1. The van der Waals surface area contributed by atoms with Gasteiger partial charge in [-0.1, -0.05) is 0 Å². The molecule has 0 aliphatic heterocycles. The molecule has 0 spiro atoms. The van der Waals surface area contributed by atoms with E-state index in [2.05, 4.69) is 10.4 Å². The number of aryl methyl sites for hydroxylation is 4. The lowest BCUT2D eigenvalue weighted by atomic mass is 10.0. The second kappa shape index (κ2) is 7.05. The molecule has 0 unspecified atom stereocenters. The van der Waals surface area contributed by atoms with Crippen molar-refractivity contribution in [3.05, 3.63) is 33.5 Å². The third kappa shape index (κ3) is 3.94. The van der Waals surface area contributed by atoms with Crippen molar-refractivity contribution in [2.45, 2.75) is 52.0 Å². The van der Waals surface area contributed by atoms with Gasteiger partial charge in [0.2, 0.25) is 5.91 Å². The van der Waals surface area contributed by atoms with Gasteiger partial charge in [-0.05, 0) is 38.2 Å².